The number of rotatable bonds is 2. The highest BCUT2D eigenvalue weighted by atomic mass is 35.5. The molecule has 0 aliphatic carbocycles. The maximum Gasteiger partial charge on any atom is 0.163 e. The van der Waals surface area contributed by atoms with Crippen molar-refractivity contribution in [2.24, 2.45) is 4.99 Å². The fraction of sp³-hybridized carbons (Fsp3) is 0.231. The van der Waals surface area contributed by atoms with E-state index in [1.807, 2.05) is 25.1 Å². The van der Waals surface area contributed by atoms with Crippen LogP contribution in [-0.2, 0) is 4.79 Å². The largest absolute Gasteiger partial charge is 0.294 e. The Morgan fingerprint density at radius 2 is 2.25 bits per heavy atom. The summed E-state index contributed by atoms with van der Waals surface area (Å²) in [6.45, 7) is 2.01. The second-order valence-corrected chi connectivity index (χ2v) is 4.15. The summed E-state index contributed by atoms with van der Waals surface area (Å²) in [7, 11) is 0. The lowest BCUT2D eigenvalue weighted by Crippen LogP contribution is -2.10. The fourth-order valence-electron chi connectivity index (χ4n) is 1.65. The number of hydrogen-bond acceptors (Lipinski definition) is 2. The first-order valence-electron chi connectivity index (χ1n) is 5.26. The molecule has 0 saturated carbocycles. The molecule has 0 N–H and O–H groups in total. The van der Waals surface area contributed by atoms with E-state index in [4.69, 9.17) is 11.6 Å². The summed E-state index contributed by atoms with van der Waals surface area (Å²) in [5.74, 6) is 0.113. The lowest BCUT2D eigenvalue weighted by atomic mass is 10.0. The number of carbonyl (C=O) groups excluding carboxylic acids is 1. The van der Waals surface area contributed by atoms with Gasteiger partial charge in [0.25, 0.3) is 0 Å². The van der Waals surface area contributed by atoms with Gasteiger partial charge >= 0.3 is 0 Å². The van der Waals surface area contributed by atoms with Gasteiger partial charge in [0.1, 0.15) is 0 Å². The zero-order valence-electron chi connectivity index (χ0n) is 9.03. The zero-order chi connectivity index (χ0) is 11.5. The van der Waals surface area contributed by atoms with Gasteiger partial charge in [0.15, 0.2) is 5.78 Å². The van der Waals surface area contributed by atoms with E-state index in [0.717, 1.165) is 23.4 Å². The average Bonchev–Trinajstić information content (AvgIpc) is 2.28. The Labute approximate surface area is 99.7 Å². The van der Waals surface area contributed by atoms with Crippen molar-refractivity contribution < 1.29 is 4.79 Å². The van der Waals surface area contributed by atoms with Crippen LogP contribution in [0.1, 0.15) is 25.3 Å². The van der Waals surface area contributed by atoms with Gasteiger partial charge in [-0.05, 0) is 18.6 Å². The predicted octanol–water partition coefficient (Wildman–Crippen LogP) is 3.50. The van der Waals surface area contributed by atoms with Gasteiger partial charge in [0.2, 0.25) is 0 Å². The molecule has 0 saturated heterocycles. The Bertz CT molecular complexity index is 488. The molecule has 2 rings (SSSR count). The Morgan fingerprint density at radius 3 is 2.94 bits per heavy atom. The molecule has 1 heterocycles. The molecule has 1 aliphatic rings. The summed E-state index contributed by atoms with van der Waals surface area (Å²) in [5.41, 5.74) is 2.55. The molecule has 0 radical (unpaired) electrons. The van der Waals surface area contributed by atoms with Crippen molar-refractivity contribution in [3.8, 4) is 0 Å². The molecule has 2 nitrogen and oxygen atoms in total. The van der Waals surface area contributed by atoms with E-state index in [1.54, 1.807) is 12.1 Å². The van der Waals surface area contributed by atoms with Crippen LogP contribution in [0.5, 0.6) is 0 Å². The van der Waals surface area contributed by atoms with Crippen molar-refractivity contribution in [3.63, 3.8) is 0 Å². The molecule has 0 fully saturated rings. The third-order valence-electron chi connectivity index (χ3n) is 2.48. The van der Waals surface area contributed by atoms with Gasteiger partial charge in [-0.1, -0.05) is 30.7 Å². The number of hydrogen-bond donors (Lipinski definition) is 0. The van der Waals surface area contributed by atoms with Gasteiger partial charge in [0.05, 0.1) is 5.70 Å². The standard InChI is InChI=1S/C13H12ClNO/c1-2-11-7-12(16)8-13(15-11)9-4-3-5-10(14)6-9/h3-6,8H,2,7H2,1H3. The van der Waals surface area contributed by atoms with Crippen molar-refractivity contribution in [2.45, 2.75) is 19.8 Å². The van der Waals surface area contributed by atoms with E-state index >= 15 is 0 Å². The smallest absolute Gasteiger partial charge is 0.163 e. The Morgan fingerprint density at radius 1 is 1.44 bits per heavy atom. The van der Waals surface area contributed by atoms with Gasteiger partial charge < -0.3 is 0 Å². The van der Waals surface area contributed by atoms with Crippen LogP contribution in [0.3, 0.4) is 0 Å². The van der Waals surface area contributed by atoms with Crippen LogP contribution in [-0.4, -0.2) is 11.5 Å². The maximum atomic E-state index is 11.5. The molecule has 0 spiro atoms. The number of allylic oxidation sites excluding steroid dienone is 1. The second kappa shape index (κ2) is 4.62. The summed E-state index contributed by atoms with van der Waals surface area (Å²) in [6, 6.07) is 7.40. The minimum Gasteiger partial charge on any atom is -0.294 e. The molecule has 16 heavy (non-hydrogen) atoms. The minimum atomic E-state index is 0.113. The molecule has 0 aromatic heterocycles. The lowest BCUT2D eigenvalue weighted by molar-refractivity contribution is -0.113. The molecule has 82 valence electrons. The van der Waals surface area contributed by atoms with Crippen LogP contribution in [0.4, 0.5) is 0 Å². The Hall–Kier alpha value is -1.41. The number of carbonyl (C=O) groups is 1. The lowest BCUT2D eigenvalue weighted by Gasteiger charge is -2.11. The molecule has 1 aliphatic heterocycles. The van der Waals surface area contributed by atoms with Crippen LogP contribution >= 0.6 is 11.6 Å². The monoisotopic (exact) mass is 233 g/mol. The summed E-state index contributed by atoms with van der Waals surface area (Å²) in [6.07, 6.45) is 2.84. The molecule has 3 heteroatoms. The van der Waals surface area contributed by atoms with E-state index in [2.05, 4.69) is 4.99 Å². The summed E-state index contributed by atoms with van der Waals surface area (Å²) >= 11 is 5.91. The average molecular weight is 234 g/mol. The molecule has 0 bridgehead atoms. The van der Waals surface area contributed by atoms with Crippen LogP contribution in [0.25, 0.3) is 5.70 Å². The zero-order valence-corrected chi connectivity index (χ0v) is 9.79. The van der Waals surface area contributed by atoms with Crippen LogP contribution < -0.4 is 0 Å². The third kappa shape index (κ3) is 2.39. The molecule has 0 amide bonds. The number of halogens is 1. The SMILES string of the molecule is CCC1=NC(c2cccc(Cl)c2)=CC(=O)C1. The number of nitrogens with zero attached hydrogens (tertiary/aromatic N) is 1. The fourth-order valence-corrected chi connectivity index (χ4v) is 1.84. The van der Waals surface area contributed by atoms with Gasteiger partial charge in [-0.15, -0.1) is 0 Å². The Kier molecular flexibility index (Phi) is 3.20. The van der Waals surface area contributed by atoms with Gasteiger partial charge in [-0.25, -0.2) is 0 Å². The van der Waals surface area contributed by atoms with Crippen LogP contribution in [0, 0.1) is 0 Å². The summed E-state index contributed by atoms with van der Waals surface area (Å²) in [5, 5.41) is 0.657. The van der Waals surface area contributed by atoms with Crippen molar-refractivity contribution in [3.05, 3.63) is 40.9 Å². The maximum absolute atomic E-state index is 11.5. The molecule has 1 aromatic rings. The van der Waals surface area contributed by atoms with Gasteiger partial charge in [0, 0.05) is 28.8 Å². The number of benzene rings is 1. The van der Waals surface area contributed by atoms with E-state index < -0.39 is 0 Å². The van der Waals surface area contributed by atoms with Gasteiger partial charge in [-0.3, -0.25) is 9.79 Å². The minimum absolute atomic E-state index is 0.113. The van der Waals surface area contributed by atoms with E-state index in [1.165, 1.54) is 0 Å². The van der Waals surface area contributed by atoms with Crippen LogP contribution in [0.2, 0.25) is 5.02 Å². The summed E-state index contributed by atoms with van der Waals surface area (Å²) in [4.78, 5) is 16.0. The van der Waals surface area contributed by atoms with E-state index in [0.29, 0.717) is 11.4 Å². The highest BCUT2D eigenvalue weighted by Gasteiger charge is 2.13. The predicted molar refractivity (Wildman–Crippen MR) is 66.8 cm³/mol. The molecular weight excluding hydrogens is 222 g/mol. The van der Waals surface area contributed by atoms with E-state index in [-0.39, 0.29) is 5.78 Å². The van der Waals surface area contributed by atoms with Crippen molar-refractivity contribution in [1.82, 2.24) is 0 Å². The molecule has 1 aromatic carbocycles. The summed E-state index contributed by atoms with van der Waals surface area (Å²) < 4.78 is 0. The number of ketones is 1. The molecule has 0 unspecified atom stereocenters. The van der Waals surface area contributed by atoms with Crippen molar-refractivity contribution in [1.29, 1.82) is 0 Å². The topological polar surface area (TPSA) is 29.4 Å². The first kappa shape index (κ1) is 11.1. The second-order valence-electron chi connectivity index (χ2n) is 3.71. The van der Waals surface area contributed by atoms with Crippen molar-refractivity contribution >= 4 is 28.8 Å². The molecule has 0 atom stereocenters. The highest BCUT2D eigenvalue weighted by Crippen LogP contribution is 2.23. The molecular formula is C13H12ClNO. The van der Waals surface area contributed by atoms with Crippen molar-refractivity contribution in [2.75, 3.05) is 0 Å². The third-order valence-corrected chi connectivity index (χ3v) is 2.72. The van der Waals surface area contributed by atoms with E-state index in [9.17, 15) is 4.79 Å². The van der Waals surface area contributed by atoms with Gasteiger partial charge in [-0.2, -0.15) is 0 Å². The first-order valence-corrected chi connectivity index (χ1v) is 5.63. The normalized spacial score (nSPS) is 15.8. The number of aliphatic imine (C=N–C) groups is 1. The Balaban J connectivity index is 2.40. The van der Waals surface area contributed by atoms with Crippen LogP contribution in [0.15, 0.2) is 35.3 Å². The quantitative estimate of drug-likeness (QED) is 0.769. The first-order chi connectivity index (χ1) is 7.69. The highest BCUT2D eigenvalue weighted by molar-refractivity contribution is 6.30.